The molecule has 0 spiro atoms. The summed E-state index contributed by atoms with van der Waals surface area (Å²) >= 11 is 0. The fourth-order valence-electron chi connectivity index (χ4n) is 2.84. The van der Waals surface area contributed by atoms with Crippen LogP contribution in [0.1, 0.15) is 26.7 Å². The van der Waals surface area contributed by atoms with Crippen molar-refractivity contribution in [3.63, 3.8) is 0 Å². The summed E-state index contributed by atoms with van der Waals surface area (Å²) in [5, 5.41) is 3.52. The van der Waals surface area contributed by atoms with Crippen molar-refractivity contribution in [3.05, 3.63) is 30.3 Å². The van der Waals surface area contributed by atoms with Crippen LogP contribution in [0.3, 0.4) is 0 Å². The van der Waals surface area contributed by atoms with Gasteiger partial charge < -0.3 is 10.2 Å². The second-order valence-electron chi connectivity index (χ2n) is 6.47. The molecular formula is C18H31N3. The van der Waals surface area contributed by atoms with Crippen LogP contribution in [-0.4, -0.2) is 50.7 Å². The van der Waals surface area contributed by atoms with E-state index in [0.717, 1.165) is 25.6 Å². The topological polar surface area (TPSA) is 18.5 Å². The molecule has 1 fully saturated rings. The third kappa shape index (κ3) is 6.06. The summed E-state index contributed by atoms with van der Waals surface area (Å²) < 4.78 is 0. The molecule has 0 bridgehead atoms. The zero-order valence-electron chi connectivity index (χ0n) is 13.7. The van der Waals surface area contributed by atoms with Gasteiger partial charge in [-0.3, -0.25) is 4.90 Å². The summed E-state index contributed by atoms with van der Waals surface area (Å²) in [6.45, 7) is 12.8. The van der Waals surface area contributed by atoms with Crippen molar-refractivity contribution in [3.8, 4) is 0 Å². The van der Waals surface area contributed by atoms with Crippen molar-refractivity contribution >= 4 is 5.69 Å². The van der Waals surface area contributed by atoms with Crippen molar-refractivity contribution in [2.45, 2.75) is 26.7 Å². The maximum absolute atomic E-state index is 3.52. The van der Waals surface area contributed by atoms with Gasteiger partial charge in [-0.15, -0.1) is 0 Å². The molecule has 0 saturated carbocycles. The quantitative estimate of drug-likeness (QED) is 0.743. The Hall–Kier alpha value is -1.06. The van der Waals surface area contributed by atoms with E-state index in [1.165, 1.54) is 44.7 Å². The molecule has 1 aromatic carbocycles. The minimum Gasteiger partial charge on any atom is -0.369 e. The summed E-state index contributed by atoms with van der Waals surface area (Å²) in [5.41, 5.74) is 1.37. The highest BCUT2D eigenvalue weighted by atomic mass is 15.3. The Morgan fingerprint density at radius 1 is 1.00 bits per heavy atom. The second kappa shape index (κ2) is 9.06. The summed E-state index contributed by atoms with van der Waals surface area (Å²) in [6, 6.07) is 10.8. The van der Waals surface area contributed by atoms with E-state index in [4.69, 9.17) is 0 Å². The predicted octanol–water partition coefficient (Wildman–Crippen LogP) is 2.83. The smallest absolute Gasteiger partial charge is 0.0367 e. The standard InChI is InChI=1S/C18H31N3/c1-17(2)16-19-10-6-7-11-20-12-14-21(15-13-20)18-8-4-3-5-9-18/h3-5,8-9,17,19H,6-7,10-16H2,1-2H3. The second-order valence-corrected chi connectivity index (χ2v) is 6.47. The van der Waals surface area contributed by atoms with Crippen LogP contribution >= 0.6 is 0 Å². The molecule has 1 N–H and O–H groups in total. The lowest BCUT2D eigenvalue weighted by Crippen LogP contribution is -2.46. The van der Waals surface area contributed by atoms with Crippen LogP contribution in [0.2, 0.25) is 0 Å². The van der Waals surface area contributed by atoms with Crippen molar-refractivity contribution < 1.29 is 0 Å². The van der Waals surface area contributed by atoms with E-state index in [-0.39, 0.29) is 0 Å². The predicted molar refractivity (Wildman–Crippen MR) is 92.0 cm³/mol. The molecule has 0 aliphatic carbocycles. The van der Waals surface area contributed by atoms with Crippen molar-refractivity contribution in [1.29, 1.82) is 0 Å². The number of unbranched alkanes of at least 4 members (excludes halogenated alkanes) is 1. The van der Waals surface area contributed by atoms with Crippen LogP contribution < -0.4 is 10.2 Å². The van der Waals surface area contributed by atoms with Crippen LogP contribution in [0.4, 0.5) is 5.69 Å². The van der Waals surface area contributed by atoms with E-state index < -0.39 is 0 Å². The van der Waals surface area contributed by atoms with Gasteiger partial charge in [0, 0.05) is 31.9 Å². The molecule has 1 heterocycles. The van der Waals surface area contributed by atoms with Crippen LogP contribution in [0.25, 0.3) is 0 Å². The van der Waals surface area contributed by atoms with E-state index in [2.05, 4.69) is 59.3 Å². The van der Waals surface area contributed by atoms with Gasteiger partial charge in [-0.1, -0.05) is 32.0 Å². The van der Waals surface area contributed by atoms with Crippen LogP contribution in [0, 0.1) is 5.92 Å². The first kappa shape index (κ1) is 16.3. The number of rotatable bonds is 8. The highest BCUT2D eigenvalue weighted by Crippen LogP contribution is 2.15. The Balaban J connectivity index is 1.55. The highest BCUT2D eigenvalue weighted by molar-refractivity contribution is 5.46. The average molecular weight is 289 g/mol. The Morgan fingerprint density at radius 2 is 1.71 bits per heavy atom. The summed E-state index contributed by atoms with van der Waals surface area (Å²) in [7, 11) is 0. The SMILES string of the molecule is CC(C)CNCCCCN1CCN(c2ccccc2)CC1. The van der Waals surface area contributed by atoms with Crippen LogP contribution in [-0.2, 0) is 0 Å². The number of hydrogen-bond acceptors (Lipinski definition) is 3. The number of anilines is 1. The fourth-order valence-corrected chi connectivity index (χ4v) is 2.84. The van der Waals surface area contributed by atoms with Gasteiger partial charge in [-0.05, 0) is 50.5 Å². The molecule has 0 atom stereocenters. The Labute approximate surface area is 130 Å². The Bertz CT molecular complexity index is 369. The van der Waals surface area contributed by atoms with Gasteiger partial charge in [0.1, 0.15) is 0 Å². The lowest BCUT2D eigenvalue weighted by Gasteiger charge is -2.36. The van der Waals surface area contributed by atoms with E-state index >= 15 is 0 Å². The first-order valence-electron chi connectivity index (χ1n) is 8.49. The van der Waals surface area contributed by atoms with Crippen LogP contribution in [0.5, 0.6) is 0 Å². The first-order chi connectivity index (χ1) is 10.3. The van der Waals surface area contributed by atoms with Crippen molar-refractivity contribution in [2.75, 3.05) is 50.7 Å². The van der Waals surface area contributed by atoms with E-state index in [1.807, 2.05) is 0 Å². The number of nitrogens with zero attached hydrogens (tertiary/aromatic N) is 2. The molecule has 0 aromatic heterocycles. The lowest BCUT2D eigenvalue weighted by molar-refractivity contribution is 0.252. The highest BCUT2D eigenvalue weighted by Gasteiger charge is 2.16. The molecule has 3 heteroatoms. The minimum absolute atomic E-state index is 0.760. The van der Waals surface area contributed by atoms with Gasteiger partial charge in [-0.2, -0.15) is 0 Å². The third-order valence-corrected chi connectivity index (χ3v) is 4.12. The van der Waals surface area contributed by atoms with E-state index in [0.29, 0.717) is 0 Å². The number of nitrogens with one attached hydrogen (secondary N) is 1. The van der Waals surface area contributed by atoms with E-state index in [9.17, 15) is 0 Å². The third-order valence-electron chi connectivity index (χ3n) is 4.12. The molecule has 2 rings (SSSR count). The number of hydrogen-bond donors (Lipinski definition) is 1. The minimum atomic E-state index is 0.760. The molecule has 0 amide bonds. The number of benzene rings is 1. The zero-order chi connectivity index (χ0) is 14.9. The molecule has 21 heavy (non-hydrogen) atoms. The van der Waals surface area contributed by atoms with Gasteiger partial charge >= 0.3 is 0 Å². The monoisotopic (exact) mass is 289 g/mol. The normalized spacial score (nSPS) is 16.6. The number of para-hydroxylation sites is 1. The fraction of sp³-hybridized carbons (Fsp3) is 0.667. The zero-order valence-corrected chi connectivity index (χ0v) is 13.7. The Kier molecular flexibility index (Phi) is 7.04. The molecular weight excluding hydrogens is 258 g/mol. The van der Waals surface area contributed by atoms with Gasteiger partial charge in [-0.25, -0.2) is 0 Å². The van der Waals surface area contributed by atoms with Gasteiger partial charge in [0.15, 0.2) is 0 Å². The molecule has 3 nitrogen and oxygen atoms in total. The molecule has 1 aliphatic rings. The summed E-state index contributed by atoms with van der Waals surface area (Å²) in [5.74, 6) is 0.760. The maximum atomic E-state index is 3.52. The summed E-state index contributed by atoms with van der Waals surface area (Å²) in [4.78, 5) is 5.11. The van der Waals surface area contributed by atoms with Gasteiger partial charge in [0.05, 0.1) is 0 Å². The first-order valence-corrected chi connectivity index (χ1v) is 8.49. The Morgan fingerprint density at radius 3 is 2.38 bits per heavy atom. The summed E-state index contributed by atoms with van der Waals surface area (Å²) in [6.07, 6.45) is 2.61. The molecule has 0 radical (unpaired) electrons. The molecule has 118 valence electrons. The van der Waals surface area contributed by atoms with E-state index in [1.54, 1.807) is 0 Å². The van der Waals surface area contributed by atoms with Gasteiger partial charge in [0.25, 0.3) is 0 Å². The average Bonchev–Trinajstić information content (AvgIpc) is 2.52. The van der Waals surface area contributed by atoms with Crippen molar-refractivity contribution in [2.24, 2.45) is 5.92 Å². The molecule has 1 aromatic rings. The van der Waals surface area contributed by atoms with Gasteiger partial charge in [0.2, 0.25) is 0 Å². The molecule has 1 aliphatic heterocycles. The van der Waals surface area contributed by atoms with Crippen molar-refractivity contribution in [1.82, 2.24) is 10.2 Å². The van der Waals surface area contributed by atoms with Crippen LogP contribution in [0.15, 0.2) is 30.3 Å². The largest absolute Gasteiger partial charge is 0.369 e. The lowest BCUT2D eigenvalue weighted by atomic mass is 10.2. The maximum Gasteiger partial charge on any atom is 0.0367 e. The molecule has 1 saturated heterocycles. The number of piperazine rings is 1. The molecule has 0 unspecified atom stereocenters.